The Morgan fingerprint density at radius 1 is 0.909 bits per heavy atom. The number of nitrogens with one attached hydrogen (secondary N) is 1. The van der Waals surface area contributed by atoms with Crippen LogP contribution >= 0.6 is 0 Å². The van der Waals surface area contributed by atoms with Gasteiger partial charge < -0.3 is 24.8 Å². The van der Waals surface area contributed by atoms with Gasteiger partial charge in [-0.1, -0.05) is 0 Å². The van der Waals surface area contributed by atoms with Crippen LogP contribution in [-0.2, 0) is 0 Å². The van der Waals surface area contributed by atoms with E-state index in [4.69, 9.17) is 0 Å². The molecule has 0 unspecified atom stereocenters. The van der Waals surface area contributed by atoms with Crippen LogP contribution in [0.2, 0.25) is 0 Å². The molecule has 2 aliphatic rings. The number of piperazine rings is 1. The molecule has 2 aromatic rings. The first-order valence-electron chi connectivity index (χ1n) is 11.0. The Kier molecular flexibility index (Phi) is 6.75. The molecule has 4 rings (SSSR count). The van der Waals surface area contributed by atoms with Crippen LogP contribution in [0.3, 0.4) is 0 Å². The number of amides is 2. The van der Waals surface area contributed by atoms with E-state index in [1.54, 1.807) is 4.90 Å². The highest BCUT2D eigenvalue weighted by Crippen LogP contribution is 2.25. The molecule has 0 bridgehead atoms. The third kappa shape index (κ3) is 6.17. The van der Waals surface area contributed by atoms with Crippen molar-refractivity contribution in [2.75, 3.05) is 54.4 Å². The molecule has 11 heteroatoms. The lowest BCUT2D eigenvalue weighted by molar-refractivity contribution is -0.274. The summed E-state index contributed by atoms with van der Waals surface area (Å²) in [5.41, 5.74) is 0.398. The Morgan fingerprint density at radius 3 is 2.06 bits per heavy atom. The molecule has 1 aromatic carbocycles. The average Bonchev–Trinajstić information content (AvgIpc) is 2.80. The fraction of sp³-hybridized carbons (Fsp3) is 0.500. The van der Waals surface area contributed by atoms with Crippen molar-refractivity contribution in [3.8, 4) is 5.75 Å². The fourth-order valence-electron chi connectivity index (χ4n) is 4.06. The SMILES string of the molecule is Cc1nc(N2CCCCC2)cc(N2CCN(C(=O)Nc3ccc(OC(F)(F)F)cc3)CC2)n1. The first-order valence-corrected chi connectivity index (χ1v) is 11.0. The van der Waals surface area contributed by atoms with Gasteiger partial charge in [-0.2, -0.15) is 0 Å². The predicted octanol–water partition coefficient (Wildman–Crippen LogP) is 4.03. The molecule has 1 aromatic heterocycles. The Balaban J connectivity index is 1.32. The maximum atomic E-state index is 12.6. The van der Waals surface area contributed by atoms with Crippen molar-refractivity contribution >= 4 is 23.4 Å². The minimum atomic E-state index is -4.75. The van der Waals surface area contributed by atoms with E-state index in [-0.39, 0.29) is 11.8 Å². The Labute approximate surface area is 190 Å². The predicted molar refractivity (Wildman–Crippen MR) is 119 cm³/mol. The van der Waals surface area contributed by atoms with Crippen molar-refractivity contribution in [2.24, 2.45) is 0 Å². The minimum absolute atomic E-state index is 0.299. The molecular weight excluding hydrogens is 437 g/mol. The van der Waals surface area contributed by atoms with E-state index in [1.807, 2.05) is 13.0 Å². The third-order valence-electron chi connectivity index (χ3n) is 5.72. The summed E-state index contributed by atoms with van der Waals surface area (Å²) in [5.74, 6) is 2.21. The maximum Gasteiger partial charge on any atom is 0.573 e. The summed E-state index contributed by atoms with van der Waals surface area (Å²) in [4.78, 5) is 27.9. The number of aryl methyl sites for hydroxylation is 1. The number of nitrogens with zero attached hydrogens (tertiary/aromatic N) is 5. The van der Waals surface area contributed by atoms with Crippen LogP contribution < -0.4 is 19.9 Å². The van der Waals surface area contributed by atoms with Gasteiger partial charge in [0.15, 0.2) is 0 Å². The van der Waals surface area contributed by atoms with E-state index in [2.05, 4.69) is 29.8 Å². The number of alkyl halides is 3. The van der Waals surface area contributed by atoms with Gasteiger partial charge >= 0.3 is 12.4 Å². The van der Waals surface area contributed by atoms with Crippen molar-refractivity contribution in [2.45, 2.75) is 32.5 Å². The summed E-state index contributed by atoms with van der Waals surface area (Å²) < 4.78 is 40.7. The number of rotatable bonds is 4. The zero-order chi connectivity index (χ0) is 23.4. The van der Waals surface area contributed by atoms with E-state index in [9.17, 15) is 18.0 Å². The number of anilines is 3. The van der Waals surface area contributed by atoms with Gasteiger partial charge in [0.2, 0.25) is 0 Å². The molecule has 0 spiro atoms. The van der Waals surface area contributed by atoms with Crippen molar-refractivity contribution in [1.29, 1.82) is 0 Å². The molecule has 0 saturated carbocycles. The van der Waals surface area contributed by atoms with E-state index < -0.39 is 6.36 Å². The van der Waals surface area contributed by atoms with Gasteiger partial charge in [-0.05, 0) is 50.5 Å². The van der Waals surface area contributed by atoms with Crippen molar-refractivity contribution in [3.05, 3.63) is 36.2 Å². The van der Waals surface area contributed by atoms with Gasteiger partial charge in [-0.3, -0.25) is 0 Å². The fourth-order valence-corrected chi connectivity index (χ4v) is 4.06. The second-order valence-corrected chi connectivity index (χ2v) is 8.16. The summed E-state index contributed by atoms with van der Waals surface area (Å²) >= 11 is 0. The van der Waals surface area contributed by atoms with Crippen molar-refractivity contribution < 1.29 is 22.7 Å². The average molecular weight is 464 g/mol. The number of aromatic nitrogens is 2. The monoisotopic (exact) mass is 464 g/mol. The largest absolute Gasteiger partial charge is 0.573 e. The topological polar surface area (TPSA) is 73.8 Å². The van der Waals surface area contributed by atoms with Gasteiger partial charge in [-0.25, -0.2) is 14.8 Å². The number of halogens is 3. The van der Waals surface area contributed by atoms with E-state index in [0.29, 0.717) is 31.9 Å². The van der Waals surface area contributed by atoms with Crippen LogP contribution in [0.5, 0.6) is 5.75 Å². The lowest BCUT2D eigenvalue weighted by atomic mass is 10.1. The first-order chi connectivity index (χ1) is 15.8. The molecule has 0 radical (unpaired) electrons. The first kappa shape index (κ1) is 22.9. The van der Waals surface area contributed by atoms with Crippen LogP contribution in [0, 0.1) is 6.92 Å². The van der Waals surface area contributed by atoms with Crippen molar-refractivity contribution in [3.63, 3.8) is 0 Å². The molecule has 178 valence electrons. The normalized spacial score (nSPS) is 17.2. The highest BCUT2D eigenvalue weighted by Gasteiger charge is 2.31. The zero-order valence-corrected chi connectivity index (χ0v) is 18.4. The third-order valence-corrected chi connectivity index (χ3v) is 5.72. The Bertz CT molecular complexity index is 956. The molecule has 3 heterocycles. The maximum absolute atomic E-state index is 12.6. The Morgan fingerprint density at radius 2 is 1.48 bits per heavy atom. The highest BCUT2D eigenvalue weighted by atomic mass is 19.4. The van der Waals surface area contributed by atoms with Crippen LogP contribution in [-0.4, -0.2) is 66.5 Å². The number of hydrogen-bond acceptors (Lipinski definition) is 6. The number of carbonyl (C=O) groups is 1. The minimum Gasteiger partial charge on any atom is -0.406 e. The lowest BCUT2D eigenvalue weighted by Gasteiger charge is -2.36. The number of benzene rings is 1. The van der Waals surface area contributed by atoms with E-state index in [1.165, 1.54) is 43.5 Å². The number of carbonyl (C=O) groups excluding carboxylic acids is 1. The quantitative estimate of drug-likeness (QED) is 0.737. The zero-order valence-electron chi connectivity index (χ0n) is 18.4. The van der Waals surface area contributed by atoms with E-state index >= 15 is 0 Å². The van der Waals surface area contributed by atoms with Gasteiger partial charge in [0.05, 0.1) is 0 Å². The molecule has 2 fully saturated rings. The highest BCUT2D eigenvalue weighted by molar-refractivity contribution is 5.89. The summed E-state index contributed by atoms with van der Waals surface area (Å²) in [5, 5.41) is 2.72. The second kappa shape index (κ2) is 9.72. The summed E-state index contributed by atoms with van der Waals surface area (Å²) in [6.07, 6.45) is -1.15. The van der Waals surface area contributed by atoms with Crippen LogP contribution in [0.1, 0.15) is 25.1 Å². The lowest BCUT2D eigenvalue weighted by Crippen LogP contribution is -2.50. The molecule has 1 N–H and O–H groups in total. The van der Waals surface area contributed by atoms with Gasteiger partial charge in [-0.15, -0.1) is 13.2 Å². The molecule has 2 saturated heterocycles. The standard InChI is InChI=1S/C22H27F3N6O2/c1-16-26-19(29-9-3-2-4-10-29)15-20(27-16)30-11-13-31(14-12-30)21(32)28-17-5-7-18(8-6-17)33-22(23,24)25/h5-8,15H,2-4,9-14H2,1H3,(H,28,32). The second-order valence-electron chi connectivity index (χ2n) is 8.16. The molecule has 0 aliphatic carbocycles. The van der Waals surface area contributed by atoms with Crippen LogP contribution in [0.4, 0.5) is 35.3 Å². The molecule has 8 nitrogen and oxygen atoms in total. The van der Waals surface area contributed by atoms with E-state index in [0.717, 1.165) is 30.5 Å². The summed E-state index contributed by atoms with van der Waals surface area (Å²) in [6, 6.07) is 6.81. The summed E-state index contributed by atoms with van der Waals surface area (Å²) in [7, 11) is 0. The molecular formula is C22H27F3N6O2. The molecule has 33 heavy (non-hydrogen) atoms. The van der Waals surface area contributed by atoms with Gasteiger partial charge in [0.1, 0.15) is 23.2 Å². The Hall–Kier alpha value is -3.24. The molecule has 2 amide bonds. The smallest absolute Gasteiger partial charge is 0.406 e. The molecule has 0 atom stereocenters. The van der Waals surface area contributed by atoms with Crippen molar-refractivity contribution in [1.82, 2.24) is 14.9 Å². The van der Waals surface area contributed by atoms with Gasteiger partial charge in [0.25, 0.3) is 0 Å². The van der Waals surface area contributed by atoms with Crippen LogP contribution in [0.15, 0.2) is 30.3 Å². The van der Waals surface area contributed by atoms with Crippen LogP contribution in [0.25, 0.3) is 0 Å². The number of hydrogen-bond donors (Lipinski definition) is 1. The van der Waals surface area contributed by atoms with Gasteiger partial charge in [0, 0.05) is 51.0 Å². The number of ether oxygens (including phenoxy) is 1. The molecule has 2 aliphatic heterocycles. The number of piperidine rings is 1. The number of urea groups is 1. The summed E-state index contributed by atoms with van der Waals surface area (Å²) in [6.45, 7) is 6.17.